The van der Waals surface area contributed by atoms with Crippen LogP contribution in [0.3, 0.4) is 0 Å². The van der Waals surface area contributed by atoms with E-state index in [1.165, 1.54) is 12.8 Å². The molecule has 3 N–H and O–H groups in total. The number of aryl methyl sites for hydroxylation is 2. The number of nitrogens with zero attached hydrogens (tertiary/aromatic N) is 8. The zero-order valence-corrected chi connectivity index (χ0v) is 42.4. The van der Waals surface area contributed by atoms with Crippen molar-refractivity contribution in [1.82, 2.24) is 39.6 Å². The number of anilines is 5. The second-order valence-corrected chi connectivity index (χ2v) is 20.2. The summed E-state index contributed by atoms with van der Waals surface area (Å²) >= 11 is 0. The van der Waals surface area contributed by atoms with E-state index in [2.05, 4.69) is 87.7 Å². The molecule has 4 aliphatic rings. The van der Waals surface area contributed by atoms with Crippen LogP contribution < -0.4 is 25.6 Å². The minimum atomic E-state index is -0.635. The molecule has 4 aliphatic heterocycles. The summed E-state index contributed by atoms with van der Waals surface area (Å²) in [7, 11) is 3.74. The number of methoxy groups -OCH3 is 1. The zero-order chi connectivity index (χ0) is 50.8. The molecule has 0 bridgehead atoms. The van der Waals surface area contributed by atoms with Gasteiger partial charge < -0.3 is 34.6 Å². The number of ether oxygens (including phenoxy) is 1. The van der Waals surface area contributed by atoms with E-state index in [-0.39, 0.29) is 24.0 Å². The molecule has 16 heteroatoms. The van der Waals surface area contributed by atoms with Crippen molar-refractivity contribution in [2.45, 2.75) is 97.1 Å². The number of ketones is 1. The number of carbonyl (C=O) groups excluding carboxylic acids is 4. The summed E-state index contributed by atoms with van der Waals surface area (Å²) in [6.45, 7) is 11.0. The summed E-state index contributed by atoms with van der Waals surface area (Å²) in [5.74, 6) is 7.12. The number of nitrogens with one attached hydrogen (secondary N) is 3. The number of imide groups is 1. The van der Waals surface area contributed by atoms with Crippen molar-refractivity contribution in [2.75, 3.05) is 55.4 Å². The van der Waals surface area contributed by atoms with Gasteiger partial charge in [-0.05, 0) is 126 Å². The van der Waals surface area contributed by atoms with Crippen LogP contribution in [0.4, 0.5) is 28.8 Å². The maximum Gasteiger partial charge on any atom is 0.255 e. The predicted molar refractivity (Wildman–Crippen MR) is 282 cm³/mol. The standard InChI is InChI=1S/C57H63N11O5/c1-36-33-60-56(64-53(36)61-44-14-15-45-52(59-24-23-58-45)51(44)37(2)38(3)69)62-46-31-42(40-18-26-65(4)34-40)48(32-49(46)73-5)67-29-21-57(22-30-67)19-27-66(28-20-57)25-9-7-6-8-11-39-12-10-13-41-43(39)35-68(55(41)72)47-16-17-50(70)63-54(47)71/h10,12-15,18,23-24,26,31-34,37,47H,6-7,9,16-17,19-22,25,27-30,35H2,1-5H3,(H,63,70,71)(H2,60,61,62,64). The number of Topliss-reactive ketones (excluding diaryl/α,β-unsaturated/α-hetero) is 1. The smallest absolute Gasteiger partial charge is 0.255 e. The quantitative estimate of drug-likeness (QED) is 0.0537. The summed E-state index contributed by atoms with van der Waals surface area (Å²) < 4.78 is 8.16. The lowest BCUT2D eigenvalue weighted by Crippen LogP contribution is -2.52. The predicted octanol–water partition coefficient (Wildman–Crippen LogP) is 8.59. The molecule has 2 atom stereocenters. The molecule has 73 heavy (non-hydrogen) atoms. The van der Waals surface area contributed by atoms with Crippen molar-refractivity contribution in [1.29, 1.82) is 0 Å². The average Bonchev–Trinajstić information content (AvgIpc) is 3.98. The highest BCUT2D eigenvalue weighted by Crippen LogP contribution is 2.46. The number of amides is 3. The van der Waals surface area contributed by atoms with Crippen LogP contribution >= 0.6 is 0 Å². The van der Waals surface area contributed by atoms with Crippen LogP contribution in [0.1, 0.15) is 110 Å². The topological polar surface area (TPSA) is 180 Å². The molecule has 3 fully saturated rings. The van der Waals surface area contributed by atoms with E-state index >= 15 is 0 Å². The second-order valence-electron chi connectivity index (χ2n) is 20.2. The molecule has 1 spiro atoms. The normalized spacial score (nSPS) is 18.0. The molecule has 2 unspecified atom stereocenters. The van der Waals surface area contributed by atoms with Crippen molar-refractivity contribution in [3.63, 3.8) is 0 Å². The number of likely N-dealkylation sites (tertiary alicyclic amines) is 1. The largest absolute Gasteiger partial charge is 0.494 e. The fourth-order valence-corrected chi connectivity index (χ4v) is 11.1. The third-order valence-corrected chi connectivity index (χ3v) is 15.6. The van der Waals surface area contributed by atoms with Crippen LogP contribution in [0.2, 0.25) is 0 Å². The molecule has 0 aliphatic carbocycles. The average molecular weight is 982 g/mol. The van der Waals surface area contributed by atoms with Gasteiger partial charge in [0.15, 0.2) is 0 Å². The van der Waals surface area contributed by atoms with Crippen molar-refractivity contribution in [3.8, 4) is 28.7 Å². The second kappa shape index (κ2) is 20.8. The Labute approximate surface area is 426 Å². The third kappa shape index (κ3) is 10.2. The van der Waals surface area contributed by atoms with Crippen molar-refractivity contribution >= 4 is 63.4 Å². The van der Waals surface area contributed by atoms with E-state index in [9.17, 15) is 19.2 Å². The van der Waals surface area contributed by atoms with E-state index in [1.54, 1.807) is 43.6 Å². The van der Waals surface area contributed by atoms with Gasteiger partial charge in [0.25, 0.3) is 5.91 Å². The van der Waals surface area contributed by atoms with Gasteiger partial charge in [-0.25, -0.2) is 4.98 Å². The van der Waals surface area contributed by atoms with Crippen LogP contribution in [0, 0.1) is 24.2 Å². The van der Waals surface area contributed by atoms with Gasteiger partial charge in [0.2, 0.25) is 17.8 Å². The summed E-state index contributed by atoms with van der Waals surface area (Å²) in [5, 5.41) is 9.36. The first-order valence-corrected chi connectivity index (χ1v) is 25.6. The Hall–Kier alpha value is -7.64. The van der Waals surface area contributed by atoms with Gasteiger partial charge in [-0.15, -0.1) is 0 Å². The van der Waals surface area contributed by atoms with Gasteiger partial charge in [0.1, 0.15) is 23.4 Å². The van der Waals surface area contributed by atoms with Crippen molar-refractivity contribution in [3.05, 3.63) is 107 Å². The summed E-state index contributed by atoms with van der Waals surface area (Å²) in [6, 6.07) is 15.3. The van der Waals surface area contributed by atoms with E-state index in [4.69, 9.17) is 9.72 Å². The fourth-order valence-electron chi connectivity index (χ4n) is 11.1. The number of unbranched alkanes of at least 4 members (excludes halogenated alkanes) is 2. The summed E-state index contributed by atoms with van der Waals surface area (Å²) in [5.41, 5.74) is 10.5. The number of carbonyl (C=O) groups is 4. The molecular weight excluding hydrogens is 919 g/mol. The van der Waals surface area contributed by atoms with Gasteiger partial charge in [-0.2, -0.15) is 4.98 Å². The number of hydrogen-bond acceptors (Lipinski definition) is 13. The first-order valence-electron chi connectivity index (χ1n) is 25.6. The number of aromatic nitrogens is 5. The highest BCUT2D eigenvalue weighted by atomic mass is 16.5. The zero-order valence-electron chi connectivity index (χ0n) is 42.4. The van der Waals surface area contributed by atoms with Gasteiger partial charge >= 0.3 is 0 Å². The van der Waals surface area contributed by atoms with Crippen molar-refractivity contribution < 1.29 is 23.9 Å². The van der Waals surface area contributed by atoms with Gasteiger partial charge in [0.05, 0.1) is 23.8 Å². The van der Waals surface area contributed by atoms with Crippen LogP contribution in [0.15, 0.2) is 79.5 Å². The highest BCUT2D eigenvalue weighted by molar-refractivity contribution is 6.05. The molecule has 3 saturated heterocycles. The van der Waals surface area contributed by atoms with Gasteiger partial charge in [-0.3, -0.25) is 34.5 Å². The van der Waals surface area contributed by atoms with Crippen molar-refractivity contribution in [2.24, 2.45) is 12.5 Å². The van der Waals surface area contributed by atoms with E-state index in [1.807, 2.05) is 45.2 Å². The van der Waals surface area contributed by atoms with Gasteiger partial charge in [-0.1, -0.05) is 24.8 Å². The minimum Gasteiger partial charge on any atom is -0.494 e. The molecule has 10 rings (SSSR count). The van der Waals surface area contributed by atoms with Crippen LogP contribution in [0.25, 0.3) is 22.2 Å². The lowest BCUT2D eigenvalue weighted by molar-refractivity contribution is -0.137. The third-order valence-electron chi connectivity index (χ3n) is 15.6. The highest BCUT2D eigenvalue weighted by Gasteiger charge is 2.40. The fraction of sp³-hybridized carbons (Fsp3) is 0.404. The molecular formula is C57H63N11O5. The Balaban J connectivity index is 0.757. The summed E-state index contributed by atoms with van der Waals surface area (Å²) in [4.78, 5) is 75.6. The first kappa shape index (κ1) is 49.0. The number of rotatable bonds is 14. The molecule has 0 radical (unpaired) electrons. The van der Waals surface area contributed by atoms with Crippen LogP contribution in [0.5, 0.6) is 5.75 Å². The lowest BCUT2D eigenvalue weighted by atomic mass is 9.71. The van der Waals surface area contributed by atoms with E-state index < -0.39 is 17.9 Å². The number of fused-ring (bicyclic) bond motifs is 2. The Morgan fingerprint density at radius 3 is 2.49 bits per heavy atom. The minimum absolute atomic E-state index is 0.0283. The van der Waals surface area contributed by atoms with Crippen LogP contribution in [-0.4, -0.2) is 104 Å². The summed E-state index contributed by atoms with van der Waals surface area (Å²) in [6.07, 6.45) is 17.4. The Morgan fingerprint density at radius 2 is 1.74 bits per heavy atom. The van der Waals surface area contributed by atoms with E-state index in [0.29, 0.717) is 47.0 Å². The van der Waals surface area contributed by atoms with E-state index in [0.717, 1.165) is 121 Å². The lowest BCUT2D eigenvalue weighted by Gasteiger charge is -2.47. The molecule has 16 nitrogen and oxygen atoms in total. The molecule has 6 aromatic rings. The molecule has 0 saturated carbocycles. The Morgan fingerprint density at radius 1 is 0.945 bits per heavy atom. The molecule has 3 amide bonds. The molecule has 376 valence electrons. The molecule has 3 aromatic carbocycles. The maximum absolute atomic E-state index is 13.2. The monoisotopic (exact) mass is 982 g/mol. The maximum atomic E-state index is 13.2. The van der Waals surface area contributed by atoms with Gasteiger partial charge in [0, 0.05) is 127 Å². The molecule has 3 aromatic heterocycles. The Bertz CT molecular complexity index is 3170. The number of piperidine rings is 3. The Kier molecular flexibility index (Phi) is 14.0. The number of hydrogen-bond donors (Lipinski definition) is 3. The number of benzene rings is 3. The SMILES string of the molecule is COc1cc(N2CCC3(CCN(CCCCC#Cc4cccc5c4CN(C4CCC(=O)NC4=O)C5=O)CC3)CC2)c(-c2ccn(C)c2)cc1Nc1ncc(C)c(Nc2ccc3nccnc3c2C(C)C(C)=O)n1. The van der Waals surface area contributed by atoms with Crippen LogP contribution in [-0.2, 0) is 28.0 Å². The first-order chi connectivity index (χ1) is 35.4. The molecule has 7 heterocycles.